The van der Waals surface area contributed by atoms with Gasteiger partial charge in [0.05, 0.1) is 5.69 Å². The zero-order chi connectivity index (χ0) is 22.8. The van der Waals surface area contributed by atoms with Crippen LogP contribution in [-0.2, 0) is 0 Å². The Balaban J connectivity index is 0.000000628. The molecule has 0 radical (unpaired) electrons. The second-order valence-corrected chi connectivity index (χ2v) is 9.42. The Bertz CT molecular complexity index is 1060. The van der Waals surface area contributed by atoms with Crippen LogP contribution in [0.2, 0.25) is 0 Å². The second-order valence-electron chi connectivity index (χ2n) is 9.42. The van der Waals surface area contributed by atoms with Crippen molar-refractivity contribution in [2.45, 2.75) is 33.6 Å². The van der Waals surface area contributed by atoms with Crippen LogP contribution < -0.4 is 4.74 Å². The summed E-state index contributed by atoms with van der Waals surface area (Å²) in [5.41, 5.74) is 5.51. The molecule has 5 heteroatoms. The molecule has 0 saturated heterocycles. The van der Waals surface area contributed by atoms with Gasteiger partial charge in [0.25, 0.3) is 0 Å². The molecule has 0 saturated carbocycles. The van der Waals surface area contributed by atoms with E-state index in [9.17, 15) is 4.79 Å². The zero-order valence-electron chi connectivity index (χ0n) is 19.4. The van der Waals surface area contributed by atoms with Crippen LogP contribution in [0.15, 0.2) is 48.5 Å². The average molecular weight is 418 g/mol. The Morgan fingerprint density at radius 1 is 0.871 bits per heavy atom. The molecule has 5 nitrogen and oxygen atoms in total. The highest BCUT2D eigenvalue weighted by molar-refractivity contribution is 5.76. The van der Waals surface area contributed by atoms with Crippen molar-refractivity contribution >= 4 is 6.29 Å². The monoisotopic (exact) mass is 417 g/mol. The van der Waals surface area contributed by atoms with Crippen molar-refractivity contribution in [2.24, 2.45) is 5.41 Å². The van der Waals surface area contributed by atoms with Crippen molar-refractivity contribution in [3.8, 4) is 23.0 Å². The van der Waals surface area contributed by atoms with E-state index in [-0.39, 0.29) is 11.3 Å². The molecule has 0 fully saturated rings. The zero-order valence-corrected chi connectivity index (χ0v) is 19.4. The molecule has 0 N–H and O–H groups in total. The number of hydrogen-bond donors (Lipinski definition) is 0. The van der Waals surface area contributed by atoms with Gasteiger partial charge in [0.15, 0.2) is 0 Å². The highest BCUT2D eigenvalue weighted by Crippen LogP contribution is 2.50. The normalized spacial score (nSPS) is 14.6. The fourth-order valence-corrected chi connectivity index (χ4v) is 3.68. The van der Waals surface area contributed by atoms with Gasteiger partial charge < -0.3 is 9.64 Å². The first-order valence-corrected chi connectivity index (χ1v) is 10.4. The van der Waals surface area contributed by atoms with Crippen molar-refractivity contribution < 1.29 is 9.53 Å². The highest BCUT2D eigenvalue weighted by atomic mass is 16.5. The van der Waals surface area contributed by atoms with Crippen molar-refractivity contribution in [1.29, 1.82) is 0 Å². The standard InChI is InChI=1S/C23H22N2O2.C3H9N/c1-14-5-10-17-20(23(2,3)4)18-11-12-19(25-22(18)27-21(17)24-14)16-8-6-15(13-26)7-9-16;1-4(2)3/h5-13,20H,1-4H3;1-3H3. The predicted molar refractivity (Wildman–Crippen MR) is 125 cm³/mol. The van der Waals surface area contributed by atoms with E-state index in [2.05, 4.69) is 37.9 Å². The van der Waals surface area contributed by atoms with E-state index in [0.29, 0.717) is 17.3 Å². The van der Waals surface area contributed by atoms with Gasteiger partial charge in [-0.3, -0.25) is 4.79 Å². The predicted octanol–water partition coefficient (Wildman–Crippen LogP) is 5.73. The van der Waals surface area contributed by atoms with Crippen molar-refractivity contribution in [2.75, 3.05) is 21.1 Å². The molecule has 0 bridgehead atoms. The van der Waals surface area contributed by atoms with Crippen molar-refractivity contribution in [3.05, 3.63) is 70.9 Å². The number of aromatic nitrogens is 2. The number of carbonyl (C=O) groups excluding carboxylic acids is 1. The van der Waals surface area contributed by atoms with Gasteiger partial charge in [0, 0.05) is 33.9 Å². The lowest BCUT2D eigenvalue weighted by molar-refractivity contribution is 0.112. The third-order valence-corrected chi connectivity index (χ3v) is 4.94. The van der Waals surface area contributed by atoms with Crippen LogP contribution in [0, 0.1) is 12.3 Å². The van der Waals surface area contributed by atoms with Gasteiger partial charge in [-0.15, -0.1) is 0 Å². The van der Waals surface area contributed by atoms with Crippen LogP contribution in [0.4, 0.5) is 0 Å². The molecule has 3 heterocycles. The molecule has 3 aromatic rings. The quantitative estimate of drug-likeness (QED) is 0.499. The highest BCUT2D eigenvalue weighted by Gasteiger charge is 2.37. The molecular weight excluding hydrogens is 386 g/mol. The minimum Gasteiger partial charge on any atom is -0.420 e. The lowest BCUT2D eigenvalue weighted by atomic mass is 9.72. The number of nitrogens with zero attached hydrogens (tertiary/aromatic N) is 3. The molecule has 1 unspecified atom stereocenters. The number of ether oxygens (including phenoxy) is 1. The maximum Gasteiger partial charge on any atom is 0.225 e. The molecular formula is C26H31N3O2. The van der Waals surface area contributed by atoms with E-state index >= 15 is 0 Å². The smallest absolute Gasteiger partial charge is 0.225 e. The van der Waals surface area contributed by atoms with Crippen molar-refractivity contribution in [1.82, 2.24) is 14.9 Å². The number of rotatable bonds is 2. The van der Waals surface area contributed by atoms with Gasteiger partial charge in [-0.25, -0.2) is 9.97 Å². The number of carbonyl (C=O) groups is 1. The number of hydrogen-bond acceptors (Lipinski definition) is 5. The lowest BCUT2D eigenvalue weighted by Gasteiger charge is -2.36. The molecule has 0 spiro atoms. The summed E-state index contributed by atoms with van der Waals surface area (Å²) in [4.78, 5) is 22.3. The Labute approximate surface area is 185 Å². The lowest BCUT2D eigenvalue weighted by Crippen LogP contribution is -2.24. The minimum atomic E-state index is -0.000969. The van der Waals surface area contributed by atoms with Crippen LogP contribution in [0.1, 0.15) is 53.9 Å². The Kier molecular flexibility index (Phi) is 6.56. The molecule has 0 amide bonds. The van der Waals surface area contributed by atoms with Crippen LogP contribution in [0.5, 0.6) is 11.8 Å². The molecule has 31 heavy (non-hydrogen) atoms. The molecule has 1 aliphatic heterocycles. The summed E-state index contributed by atoms with van der Waals surface area (Å²) in [6.45, 7) is 8.64. The number of aryl methyl sites for hydroxylation is 1. The molecule has 1 aromatic carbocycles. The summed E-state index contributed by atoms with van der Waals surface area (Å²) in [7, 11) is 6.00. The summed E-state index contributed by atoms with van der Waals surface area (Å²) in [6.07, 6.45) is 0.839. The van der Waals surface area contributed by atoms with Crippen LogP contribution in [-0.4, -0.2) is 42.3 Å². The first-order chi connectivity index (χ1) is 14.6. The fourth-order valence-electron chi connectivity index (χ4n) is 3.68. The van der Waals surface area contributed by atoms with Crippen LogP contribution >= 0.6 is 0 Å². The Morgan fingerprint density at radius 3 is 1.97 bits per heavy atom. The largest absolute Gasteiger partial charge is 0.420 e. The van der Waals surface area contributed by atoms with E-state index < -0.39 is 0 Å². The van der Waals surface area contributed by atoms with Crippen LogP contribution in [0.3, 0.4) is 0 Å². The Hall–Kier alpha value is -3.05. The molecule has 162 valence electrons. The van der Waals surface area contributed by atoms with Gasteiger partial charge in [0.1, 0.15) is 6.29 Å². The second kappa shape index (κ2) is 8.98. The molecule has 1 atom stereocenters. The maximum atomic E-state index is 10.9. The Morgan fingerprint density at radius 2 is 1.42 bits per heavy atom. The number of benzene rings is 1. The maximum absolute atomic E-state index is 10.9. The summed E-state index contributed by atoms with van der Waals surface area (Å²) in [6, 6.07) is 15.7. The van der Waals surface area contributed by atoms with Gasteiger partial charge in [0.2, 0.25) is 11.8 Å². The minimum absolute atomic E-state index is 0.000969. The molecule has 1 aliphatic rings. The van der Waals surface area contributed by atoms with E-state index in [1.165, 1.54) is 0 Å². The van der Waals surface area contributed by atoms with Crippen LogP contribution in [0.25, 0.3) is 11.3 Å². The number of fused-ring (bicyclic) bond motifs is 2. The van der Waals surface area contributed by atoms with Gasteiger partial charge in [-0.05, 0) is 45.6 Å². The average Bonchev–Trinajstić information content (AvgIpc) is 2.70. The molecule has 4 rings (SSSR count). The van der Waals surface area contributed by atoms with Gasteiger partial charge in [-0.1, -0.05) is 57.2 Å². The third-order valence-electron chi connectivity index (χ3n) is 4.94. The van der Waals surface area contributed by atoms with E-state index in [1.807, 2.05) is 57.2 Å². The first-order valence-electron chi connectivity index (χ1n) is 10.4. The number of aldehydes is 1. The van der Waals surface area contributed by atoms with E-state index in [4.69, 9.17) is 9.72 Å². The fraction of sp³-hybridized carbons (Fsp3) is 0.346. The first kappa shape index (κ1) is 22.6. The van der Waals surface area contributed by atoms with E-state index in [0.717, 1.165) is 34.4 Å². The number of pyridine rings is 2. The summed E-state index contributed by atoms with van der Waals surface area (Å²) in [5.74, 6) is 1.41. The SMILES string of the molecule is CN(C)C.Cc1ccc2c(n1)Oc1nc(-c3ccc(C=O)cc3)ccc1C2C(C)(C)C. The summed E-state index contributed by atoms with van der Waals surface area (Å²) >= 11 is 0. The van der Waals surface area contributed by atoms with Gasteiger partial charge in [-0.2, -0.15) is 0 Å². The van der Waals surface area contributed by atoms with Gasteiger partial charge >= 0.3 is 0 Å². The van der Waals surface area contributed by atoms with Crippen molar-refractivity contribution in [3.63, 3.8) is 0 Å². The third kappa shape index (κ3) is 5.17. The van der Waals surface area contributed by atoms with E-state index in [1.54, 1.807) is 12.1 Å². The topological polar surface area (TPSA) is 55.3 Å². The summed E-state index contributed by atoms with van der Waals surface area (Å²) < 4.78 is 6.11. The summed E-state index contributed by atoms with van der Waals surface area (Å²) in [5, 5.41) is 0. The molecule has 0 aliphatic carbocycles. The molecule has 2 aromatic heterocycles.